The first-order valence-corrected chi connectivity index (χ1v) is 9.92. The molecule has 0 saturated heterocycles. The normalized spacial score (nSPS) is 11.3. The van der Waals surface area contributed by atoms with Gasteiger partial charge in [-0.25, -0.2) is 18.2 Å². The van der Waals surface area contributed by atoms with Crippen LogP contribution in [0.15, 0.2) is 68.9 Å². The average molecular weight is 402 g/mol. The monoisotopic (exact) mass is 402 g/mol. The number of carbonyl (C=O) groups is 1. The van der Waals surface area contributed by atoms with Gasteiger partial charge in [0.05, 0.1) is 11.2 Å². The number of nitrogens with zero attached hydrogens (tertiary/aromatic N) is 2. The molecule has 3 N–H and O–H groups in total. The van der Waals surface area contributed by atoms with Crippen LogP contribution in [0.2, 0.25) is 0 Å². The van der Waals surface area contributed by atoms with Gasteiger partial charge in [0.25, 0.3) is 5.56 Å². The summed E-state index contributed by atoms with van der Waals surface area (Å²) in [4.78, 5) is 23.9. The minimum atomic E-state index is -3.78. The Kier molecular flexibility index (Phi) is 5.71. The summed E-state index contributed by atoms with van der Waals surface area (Å²) < 4.78 is 29.0. The highest BCUT2D eigenvalue weighted by molar-refractivity contribution is 7.89. The maximum atomic E-state index is 12.0. The molecule has 0 spiro atoms. The van der Waals surface area contributed by atoms with Gasteiger partial charge in [-0.15, -0.1) is 0 Å². The van der Waals surface area contributed by atoms with Crippen molar-refractivity contribution >= 4 is 21.6 Å². The molecular formula is C18H18N4O5S. The van der Waals surface area contributed by atoms with Crippen LogP contribution in [0.4, 0.5) is 5.69 Å². The zero-order valence-electron chi connectivity index (χ0n) is 14.7. The number of anilines is 1. The maximum absolute atomic E-state index is 12.0. The largest absolute Gasteiger partial charge is 0.463 e. The fraction of sp³-hybridized carbons (Fsp3) is 0.167. The Balaban J connectivity index is 1.56. The van der Waals surface area contributed by atoms with Crippen molar-refractivity contribution < 1.29 is 17.6 Å². The molecule has 28 heavy (non-hydrogen) atoms. The number of carbonyl (C=O) groups excluding carboxylic acids is 1. The number of nitrogens with one attached hydrogen (secondary N) is 1. The zero-order chi connectivity index (χ0) is 20.1. The average Bonchev–Trinajstić information content (AvgIpc) is 3.17. The molecule has 0 aliphatic carbocycles. The molecular weight excluding hydrogens is 384 g/mol. The summed E-state index contributed by atoms with van der Waals surface area (Å²) in [5.41, 5.74) is 0.714. The van der Waals surface area contributed by atoms with Crippen LogP contribution in [-0.2, 0) is 21.4 Å². The number of aromatic nitrogens is 2. The van der Waals surface area contributed by atoms with E-state index in [0.29, 0.717) is 23.6 Å². The van der Waals surface area contributed by atoms with Crippen molar-refractivity contribution in [2.45, 2.75) is 24.3 Å². The van der Waals surface area contributed by atoms with E-state index >= 15 is 0 Å². The molecule has 1 amide bonds. The second-order valence-corrected chi connectivity index (χ2v) is 7.54. The fourth-order valence-corrected chi connectivity index (χ4v) is 3.02. The van der Waals surface area contributed by atoms with Gasteiger partial charge in [0.2, 0.25) is 15.9 Å². The molecule has 2 heterocycles. The van der Waals surface area contributed by atoms with E-state index in [1.54, 1.807) is 18.2 Å². The van der Waals surface area contributed by atoms with Gasteiger partial charge in [-0.1, -0.05) is 0 Å². The molecule has 0 fully saturated rings. The Bertz CT molecular complexity index is 1120. The van der Waals surface area contributed by atoms with Crippen LogP contribution in [0.3, 0.4) is 0 Å². The fourth-order valence-electron chi connectivity index (χ4n) is 2.51. The van der Waals surface area contributed by atoms with Crippen molar-refractivity contribution in [2.75, 3.05) is 5.32 Å². The Morgan fingerprint density at radius 1 is 1.14 bits per heavy atom. The van der Waals surface area contributed by atoms with Crippen molar-refractivity contribution in [2.24, 2.45) is 5.14 Å². The highest BCUT2D eigenvalue weighted by Gasteiger charge is 2.09. The minimum Gasteiger partial charge on any atom is -0.463 e. The van der Waals surface area contributed by atoms with E-state index in [0.717, 1.165) is 0 Å². The lowest BCUT2D eigenvalue weighted by Crippen LogP contribution is -2.23. The summed E-state index contributed by atoms with van der Waals surface area (Å²) in [7, 11) is -3.78. The van der Waals surface area contributed by atoms with Gasteiger partial charge in [-0.05, 0) is 48.9 Å². The Hall–Kier alpha value is -3.24. The van der Waals surface area contributed by atoms with Crippen LogP contribution in [-0.4, -0.2) is 24.1 Å². The molecule has 9 nitrogen and oxygen atoms in total. The Labute approximate surface area is 160 Å². The van der Waals surface area contributed by atoms with E-state index < -0.39 is 10.0 Å². The molecule has 3 aromatic rings. The summed E-state index contributed by atoms with van der Waals surface area (Å²) in [6.07, 6.45) is 2.08. The van der Waals surface area contributed by atoms with Crippen LogP contribution in [0, 0.1) is 0 Å². The van der Waals surface area contributed by atoms with Crippen LogP contribution in [0.1, 0.15) is 12.8 Å². The number of aryl methyl sites for hydroxylation is 1. The maximum Gasteiger partial charge on any atom is 0.266 e. The summed E-state index contributed by atoms with van der Waals surface area (Å²) in [6.45, 7) is 0.269. The van der Waals surface area contributed by atoms with Crippen LogP contribution in [0.5, 0.6) is 0 Å². The van der Waals surface area contributed by atoms with E-state index in [-0.39, 0.29) is 29.3 Å². The number of primary sulfonamides is 1. The zero-order valence-corrected chi connectivity index (χ0v) is 15.6. The summed E-state index contributed by atoms with van der Waals surface area (Å²) in [5, 5.41) is 11.9. The highest BCUT2D eigenvalue weighted by Crippen LogP contribution is 2.15. The first-order chi connectivity index (χ1) is 13.3. The number of furan rings is 1. The van der Waals surface area contributed by atoms with Crippen molar-refractivity contribution in [3.8, 4) is 11.5 Å². The number of hydrogen-bond acceptors (Lipinski definition) is 6. The molecule has 10 heteroatoms. The van der Waals surface area contributed by atoms with Gasteiger partial charge in [0.1, 0.15) is 5.69 Å². The minimum absolute atomic E-state index is 0.0348. The molecule has 1 aromatic carbocycles. The van der Waals surface area contributed by atoms with Crippen molar-refractivity contribution in [1.82, 2.24) is 9.78 Å². The summed E-state index contributed by atoms with van der Waals surface area (Å²) in [6, 6.07) is 12.0. The molecule has 0 unspecified atom stereocenters. The first-order valence-electron chi connectivity index (χ1n) is 8.38. The standard InChI is InChI=1S/C18H18N4O5S/c19-28(25,26)14-7-5-13(6-8-14)20-17(23)4-1-11-22-18(24)10-9-15(21-22)16-3-2-12-27-16/h2-3,5-10,12H,1,4,11H2,(H,20,23)(H2,19,25,26). The summed E-state index contributed by atoms with van der Waals surface area (Å²) in [5.74, 6) is 0.285. The number of hydrogen-bond donors (Lipinski definition) is 2. The van der Waals surface area contributed by atoms with E-state index in [4.69, 9.17) is 9.56 Å². The topological polar surface area (TPSA) is 137 Å². The molecule has 0 aliphatic heterocycles. The number of nitrogens with two attached hydrogens (primary N) is 1. The number of rotatable bonds is 7. The van der Waals surface area contributed by atoms with Gasteiger partial charge in [0, 0.05) is 24.7 Å². The number of benzene rings is 1. The third kappa shape index (κ3) is 4.93. The van der Waals surface area contributed by atoms with Crippen LogP contribution in [0.25, 0.3) is 11.5 Å². The van der Waals surface area contributed by atoms with Crippen LogP contribution >= 0.6 is 0 Å². The SMILES string of the molecule is NS(=O)(=O)c1ccc(NC(=O)CCCn2nc(-c3ccco3)ccc2=O)cc1. The Morgan fingerprint density at radius 2 is 1.89 bits per heavy atom. The van der Waals surface area contributed by atoms with Crippen molar-refractivity contribution in [3.05, 3.63) is 65.1 Å². The molecule has 3 rings (SSSR count). The van der Waals surface area contributed by atoms with Gasteiger partial charge in [0.15, 0.2) is 5.76 Å². The quantitative estimate of drug-likeness (QED) is 0.615. The summed E-state index contributed by atoms with van der Waals surface area (Å²) >= 11 is 0. The van der Waals surface area contributed by atoms with Gasteiger partial charge in [-0.2, -0.15) is 5.10 Å². The van der Waals surface area contributed by atoms with E-state index in [9.17, 15) is 18.0 Å². The number of amides is 1. The second-order valence-electron chi connectivity index (χ2n) is 5.98. The van der Waals surface area contributed by atoms with Gasteiger partial charge < -0.3 is 9.73 Å². The molecule has 146 valence electrons. The lowest BCUT2D eigenvalue weighted by molar-refractivity contribution is -0.116. The molecule has 0 saturated carbocycles. The third-order valence-corrected chi connectivity index (χ3v) is 4.81. The molecule has 0 aliphatic rings. The smallest absolute Gasteiger partial charge is 0.266 e. The lowest BCUT2D eigenvalue weighted by Gasteiger charge is -2.07. The Morgan fingerprint density at radius 3 is 2.54 bits per heavy atom. The van der Waals surface area contributed by atoms with Gasteiger partial charge >= 0.3 is 0 Å². The lowest BCUT2D eigenvalue weighted by atomic mass is 10.2. The molecule has 0 radical (unpaired) electrons. The third-order valence-electron chi connectivity index (χ3n) is 3.88. The molecule has 0 atom stereocenters. The first kappa shape index (κ1) is 19.5. The van der Waals surface area contributed by atoms with E-state index in [2.05, 4.69) is 10.4 Å². The van der Waals surface area contributed by atoms with Crippen LogP contribution < -0.4 is 16.0 Å². The van der Waals surface area contributed by atoms with Crippen molar-refractivity contribution in [1.29, 1.82) is 0 Å². The molecule has 2 aromatic heterocycles. The number of sulfonamides is 1. The molecule has 0 bridgehead atoms. The highest BCUT2D eigenvalue weighted by atomic mass is 32.2. The second kappa shape index (κ2) is 8.19. The van der Waals surface area contributed by atoms with E-state index in [1.807, 2.05) is 0 Å². The predicted octanol–water partition coefficient (Wildman–Crippen LogP) is 1.57. The van der Waals surface area contributed by atoms with Crippen molar-refractivity contribution in [3.63, 3.8) is 0 Å². The predicted molar refractivity (Wildman–Crippen MR) is 102 cm³/mol. The van der Waals surface area contributed by atoms with E-state index in [1.165, 1.54) is 41.3 Å². The van der Waals surface area contributed by atoms with Gasteiger partial charge in [-0.3, -0.25) is 9.59 Å².